The van der Waals surface area contributed by atoms with Gasteiger partial charge in [-0.15, -0.1) is 0 Å². The van der Waals surface area contributed by atoms with Gasteiger partial charge in [-0.25, -0.2) is 0 Å². The SMILES string of the molecule is CC1(C)CC(CN2CCC3(CC2)CNCCO3)CCO1. The van der Waals surface area contributed by atoms with Gasteiger partial charge in [-0.05, 0) is 45.4 Å². The standard InChI is InChI=1S/C16H30N2O2/c1-15(2)11-14(3-9-19-15)12-18-7-4-16(5-8-18)13-17-6-10-20-16/h14,17H,3-13H2,1-2H3. The molecule has 4 nitrogen and oxygen atoms in total. The molecule has 116 valence electrons. The van der Waals surface area contributed by atoms with E-state index in [9.17, 15) is 0 Å². The van der Waals surface area contributed by atoms with E-state index in [0.717, 1.165) is 32.2 Å². The molecule has 4 heteroatoms. The summed E-state index contributed by atoms with van der Waals surface area (Å²) in [5, 5.41) is 3.49. The summed E-state index contributed by atoms with van der Waals surface area (Å²) in [5.41, 5.74) is 0.222. The molecule has 3 heterocycles. The van der Waals surface area contributed by atoms with Crippen LogP contribution in [0, 0.1) is 5.92 Å². The normalized spacial score (nSPS) is 34.2. The van der Waals surface area contributed by atoms with Crippen LogP contribution >= 0.6 is 0 Å². The van der Waals surface area contributed by atoms with Crippen molar-refractivity contribution in [1.82, 2.24) is 10.2 Å². The smallest absolute Gasteiger partial charge is 0.0831 e. The van der Waals surface area contributed by atoms with Crippen LogP contribution in [0.4, 0.5) is 0 Å². The Balaban J connectivity index is 1.46. The van der Waals surface area contributed by atoms with Gasteiger partial charge in [0.1, 0.15) is 0 Å². The molecule has 3 rings (SSSR count). The minimum absolute atomic E-state index is 0.0797. The number of morpholine rings is 1. The molecule has 0 saturated carbocycles. The number of hydrogen-bond acceptors (Lipinski definition) is 4. The second-order valence-corrected chi connectivity index (χ2v) is 7.48. The molecule has 3 fully saturated rings. The zero-order chi connectivity index (χ0) is 14.1. The van der Waals surface area contributed by atoms with Crippen LogP contribution in [0.3, 0.4) is 0 Å². The molecule has 3 saturated heterocycles. The average molecular weight is 282 g/mol. The number of rotatable bonds is 2. The summed E-state index contributed by atoms with van der Waals surface area (Å²) in [5.74, 6) is 0.804. The molecule has 20 heavy (non-hydrogen) atoms. The summed E-state index contributed by atoms with van der Waals surface area (Å²) in [6.07, 6.45) is 4.80. The van der Waals surface area contributed by atoms with Gasteiger partial charge < -0.3 is 19.7 Å². The van der Waals surface area contributed by atoms with Crippen molar-refractivity contribution in [1.29, 1.82) is 0 Å². The van der Waals surface area contributed by atoms with E-state index in [4.69, 9.17) is 9.47 Å². The van der Waals surface area contributed by atoms with Crippen LogP contribution < -0.4 is 5.32 Å². The highest BCUT2D eigenvalue weighted by Crippen LogP contribution is 2.32. The van der Waals surface area contributed by atoms with Crippen molar-refractivity contribution in [3.8, 4) is 0 Å². The predicted molar refractivity (Wildman–Crippen MR) is 80.0 cm³/mol. The molecule has 1 spiro atoms. The Labute approximate surface area is 123 Å². The molecule has 3 aliphatic rings. The first-order chi connectivity index (χ1) is 9.57. The third kappa shape index (κ3) is 3.53. The Morgan fingerprint density at radius 1 is 1.15 bits per heavy atom. The molecule has 0 amide bonds. The number of nitrogens with zero attached hydrogens (tertiary/aromatic N) is 1. The van der Waals surface area contributed by atoms with Gasteiger partial charge in [-0.3, -0.25) is 0 Å². The second kappa shape index (κ2) is 5.91. The number of nitrogens with one attached hydrogen (secondary N) is 1. The van der Waals surface area contributed by atoms with Gasteiger partial charge in [0.05, 0.1) is 17.8 Å². The van der Waals surface area contributed by atoms with E-state index in [1.165, 1.54) is 45.3 Å². The van der Waals surface area contributed by atoms with Crippen molar-refractivity contribution in [3.63, 3.8) is 0 Å². The maximum atomic E-state index is 6.07. The molecule has 0 aliphatic carbocycles. The predicted octanol–water partition coefficient (Wildman–Crippen LogP) is 1.65. The van der Waals surface area contributed by atoms with Crippen LogP contribution in [0.1, 0.15) is 39.5 Å². The lowest BCUT2D eigenvalue weighted by atomic mass is 9.86. The molecule has 0 radical (unpaired) electrons. The Bertz CT molecular complexity index is 316. The van der Waals surface area contributed by atoms with E-state index in [1.54, 1.807) is 0 Å². The number of piperidine rings is 1. The van der Waals surface area contributed by atoms with Gasteiger partial charge in [0.15, 0.2) is 0 Å². The highest BCUT2D eigenvalue weighted by molar-refractivity contribution is 4.92. The Morgan fingerprint density at radius 2 is 1.95 bits per heavy atom. The maximum absolute atomic E-state index is 6.07. The van der Waals surface area contributed by atoms with E-state index < -0.39 is 0 Å². The fraction of sp³-hybridized carbons (Fsp3) is 1.00. The molecule has 0 aromatic heterocycles. The summed E-state index contributed by atoms with van der Waals surface area (Å²) in [4.78, 5) is 2.65. The summed E-state index contributed by atoms with van der Waals surface area (Å²) >= 11 is 0. The van der Waals surface area contributed by atoms with Gasteiger partial charge in [-0.2, -0.15) is 0 Å². The highest BCUT2D eigenvalue weighted by atomic mass is 16.5. The monoisotopic (exact) mass is 282 g/mol. The third-order valence-corrected chi connectivity index (χ3v) is 5.22. The van der Waals surface area contributed by atoms with Crippen LogP contribution in [0.2, 0.25) is 0 Å². The van der Waals surface area contributed by atoms with Gasteiger partial charge in [0, 0.05) is 39.3 Å². The topological polar surface area (TPSA) is 33.7 Å². The van der Waals surface area contributed by atoms with Crippen molar-refractivity contribution in [2.24, 2.45) is 5.92 Å². The van der Waals surface area contributed by atoms with E-state index in [0.29, 0.717) is 0 Å². The highest BCUT2D eigenvalue weighted by Gasteiger charge is 2.38. The molecular weight excluding hydrogens is 252 g/mol. The molecule has 0 aromatic rings. The summed E-state index contributed by atoms with van der Waals surface area (Å²) < 4.78 is 11.9. The third-order valence-electron chi connectivity index (χ3n) is 5.22. The Morgan fingerprint density at radius 3 is 2.60 bits per heavy atom. The molecule has 0 aromatic carbocycles. The molecule has 1 unspecified atom stereocenters. The fourth-order valence-electron chi connectivity index (χ4n) is 4.05. The lowest BCUT2D eigenvalue weighted by Crippen LogP contribution is -2.56. The van der Waals surface area contributed by atoms with Crippen LogP contribution in [0.25, 0.3) is 0 Å². The number of likely N-dealkylation sites (tertiary alicyclic amines) is 1. The largest absolute Gasteiger partial charge is 0.376 e. The number of hydrogen-bond donors (Lipinski definition) is 1. The van der Waals surface area contributed by atoms with Crippen molar-refractivity contribution >= 4 is 0 Å². The lowest BCUT2D eigenvalue weighted by Gasteiger charge is -2.45. The van der Waals surface area contributed by atoms with Crippen LogP contribution in [0.5, 0.6) is 0 Å². The van der Waals surface area contributed by atoms with Crippen molar-refractivity contribution in [3.05, 3.63) is 0 Å². The van der Waals surface area contributed by atoms with E-state index >= 15 is 0 Å². The molecule has 0 bridgehead atoms. The van der Waals surface area contributed by atoms with Crippen LogP contribution in [0.15, 0.2) is 0 Å². The first-order valence-electron chi connectivity index (χ1n) is 8.28. The van der Waals surface area contributed by atoms with Crippen molar-refractivity contribution < 1.29 is 9.47 Å². The van der Waals surface area contributed by atoms with Gasteiger partial charge in [-0.1, -0.05) is 0 Å². The van der Waals surface area contributed by atoms with Gasteiger partial charge >= 0.3 is 0 Å². The van der Waals surface area contributed by atoms with Crippen LogP contribution in [-0.4, -0.2) is 62.0 Å². The fourth-order valence-corrected chi connectivity index (χ4v) is 4.05. The van der Waals surface area contributed by atoms with Crippen LogP contribution in [-0.2, 0) is 9.47 Å². The summed E-state index contributed by atoms with van der Waals surface area (Å²) in [7, 11) is 0. The lowest BCUT2D eigenvalue weighted by molar-refractivity contribution is -0.108. The first-order valence-corrected chi connectivity index (χ1v) is 8.28. The zero-order valence-corrected chi connectivity index (χ0v) is 13.1. The van der Waals surface area contributed by atoms with E-state index in [-0.39, 0.29) is 11.2 Å². The Hall–Kier alpha value is -0.160. The van der Waals surface area contributed by atoms with Crippen molar-refractivity contribution in [2.75, 3.05) is 45.9 Å². The molecule has 1 atom stereocenters. The second-order valence-electron chi connectivity index (χ2n) is 7.48. The van der Waals surface area contributed by atoms with E-state index in [1.807, 2.05) is 0 Å². The van der Waals surface area contributed by atoms with Gasteiger partial charge in [0.2, 0.25) is 0 Å². The summed E-state index contributed by atoms with van der Waals surface area (Å²) in [6.45, 7) is 12.0. The minimum atomic E-state index is 0.0797. The molecule has 3 aliphatic heterocycles. The molecule has 1 N–H and O–H groups in total. The maximum Gasteiger partial charge on any atom is 0.0831 e. The zero-order valence-electron chi connectivity index (χ0n) is 13.1. The first kappa shape index (κ1) is 14.8. The van der Waals surface area contributed by atoms with Crippen molar-refractivity contribution in [2.45, 2.75) is 50.7 Å². The van der Waals surface area contributed by atoms with Gasteiger partial charge in [0.25, 0.3) is 0 Å². The van der Waals surface area contributed by atoms with E-state index in [2.05, 4.69) is 24.1 Å². The quantitative estimate of drug-likeness (QED) is 0.835. The summed E-state index contributed by atoms with van der Waals surface area (Å²) in [6, 6.07) is 0. The molecular formula is C16H30N2O2. The Kier molecular flexibility index (Phi) is 4.37. The minimum Gasteiger partial charge on any atom is -0.376 e. The average Bonchev–Trinajstić information content (AvgIpc) is 2.42. The number of ether oxygens (including phenoxy) is 2.